The third-order valence-electron chi connectivity index (χ3n) is 2.51. The predicted molar refractivity (Wildman–Crippen MR) is 47.7 cm³/mol. The van der Waals surface area contributed by atoms with E-state index in [1.54, 1.807) is 0 Å². The zero-order valence-electron chi connectivity index (χ0n) is 7.70. The molecule has 68 valence electrons. The summed E-state index contributed by atoms with van der Waals surface area (Å²) in [6, 6.07) is 0. The Morgan fingerprint density at radius 3 is 2.62 bits per heavy atom. The standard InChI is InChI=1S/C10H11NO2/c1-6-3-4-7-8(5-6)10(13)11(2)9(7)12/h4-6H,3H2,1-2H3/t6-/m1/s1. The van der Waals surface area contributed by atoms with Gasteiger partial charge in [0.15, 0.2) is 0 Å². The van der Waals surface area contributed by atoms with E-state index in [0.29, 0.717) is 17.1 Å². The van der Waals surface area contributed by atoms with Gasteiger partial charge in [0.2, 0.25) is 0 Å². The van der Waals surface area contributed by atoms with E-state index < -0.39 is 0 Å². The average Bonchev–Trinajstić information content (AvgIpc) is 2.32. The maximum absolute atomic E-state index is 11.5. The van der Waals surface area contributed by atoms with Crippen LogP contribution in [0.4, 0.5) is 0 Å². The highest BCUT2D eigenvalue weighted by molar-refractivity contribution is 6.24. The Morgan fingerprint density at radius 1 is 1.31 bits per heavy atom. The molecular weight excluding hydrogens is 166 g/mol. The fourth-order valence-corrected chi connectivity index (χ4v) is 1.70. The predicted octanol–water partition coefficient (Wildman–Crippen LogP) is 0.878. The Hall–Kier alpha value is -1.38. The highest BCUT2D eigenvalue weighted by Gasteiger charge is 2.37. The third-order valence-corrected chi connectivity index (χ3v) is 2.51. The number of hydrogen-bond donors (Lipinski definition) is 0. The van der Waals surface area contributed by atoms with E-state index in [1.807, 2.05) is 19.1 Å². The maximum Gasteiger partial charge on any atom is 0.260 e. The largest absolute Gasteiger partial charge is 0.277 e. The number of allylic oxidation sites excluding steroid dienone is 2. The molecule has 0 aromatic rings. The Balaban J connectivity index is 2.49. The molecule has 1 aliphatic carbocycles. The number of likely N-dealkylation sites (N-methyl/N-ethyl adjacent to an activating group) is 1. The second-order valence-electron chi connectivity index (χ2n) is 3.58. The Bertz CT molecular complexity index is 352. The van der Waals surface area contributed by atoms with Crippen molar-refractivity contribution in [2.45, 2.75) is 13.3 Å². The van der Waals surface area contributed by atoms with Gasteiger partial charge in [0.25, 0.3) is 11.8 Å². The second kappa shape index (κ2) is 2.55. The van der Waals surface area contributed by atoms with Crippen molar-refractivity contribution in [3.8, 4) is 0 Å². The Kier molecular flexibility index (Phi) is 1.62. The molecule has 1 aliphatic heterocycles. The molecule has 0 spiro atoms. The highest BCUT2D eigenvalue weighted by atomic mass is 16.2. The number of rotatable bonds is 0. The summed E-state index contributed by atoms with van der Waals surface area (Å²) in [6.07, 6.45) is 4.61. The van der Waals surface area contributed by atoms with Crippen LogP contribution in [-0.4, -0.2) is 23.8 Å². The number of fused-ring (bicyclic) bond motifs is 1. The van der Waals surface area contributed by atoms with Crippen molar-refractivity contribution in [3.63, 3.8) is 0 Å². The summed E-state index contributed by atoms with van der Waals surface area (Å²) in [5, 5.41) is 0. The monoisotopic (exact) mass is 177 g/mol. The zero-order chi connectivity index (χ0) is 9.59. The van der Waals surface area contributed by atoms with Crippen molar-refractivity contribution in [2.75, 3.05) is 7.05 Å². The summed E-state index contributed by atoms with van der Waals surface area (Å²) in [4.78, 5) is 24.1. The molecule has 0 N–H and O–H groups in total. The van der Waals surface area contributed by atoms with Gasteiger partial charge in [-0.05, 0) is 12.3 Å². The molecule has 2 amide bonds. The summed E-state index contributed by atoms with van der Waals surface area (Å²) in [5.41, 5.74) is 1.18. The molecule has 2 aliphatic rings. The molecular formula is C10H11NO2. The topological polar surface area (TPSA) is 37.4 Å². The fourth-order valence-electron chi connectivity index (χ4n) is 1.70. The lowest BCUT2D eigenvalue weighted by Gasteiger charge is -2.09. The molecule has 2 rings (SSSR count). The molecule has 3 heteroatoms. The van der Waals surface area contributed by atoms with E-state index >= 15 is 0 Å². The smallest absolute Gasteiger partial charge is 0.260 e. The van der Waals surface area contributed by atoms with Gasteiger partial charge >= 0.3 is 0 Å². The zero-order valence-corrected chi connectivity index (χ0v) is 7.70. The van der Waals surface area contributed by atoms with E-state index in [2.05, 4.69) is 0 Å². The van der Waals surface area contributed by atoms with Crippen molar-refractivity contribution in [1.82, 2.24) is 4.90 Å². The molecule has 1 heterocycles. The maximum atomic E-state index is 11.5. The lowest BCUT2D eigenvalue weighted by molar-refractivity contribution is -0.134. The first-order valence-corrected chi connectivity index (χ1v) is 4.36. The van der Waals surface area contributed by atoms with E-state index in [1.165, 1.54) is 11.9 Å². The van der Waals surface area contributed by atoms with Crippen molar-refractivity contribution in [1.29, 1.82) is 0 Å². The molecule has 0 unspecified atom stereocenters. The fraction of sp³-hybridized carbons (Fsp3) is 0.400. The summed E-state index contributed by atoms with van der Waals surface area (Å²) < 4.78 is 0. The first-order chi connectivity index (χ1) is 6.11. The number of carbonyl (C=O) groups excluding carboxylic acids is 2. The molecule has 0 radical (unpaired) electrons. The molecule has 1 saturated heterocycles. The number of likely N-dealkylation sites (tertiary alicyclic amines) is 1. The van der Waals surface area contributed by atoms with Gasteiger partial charge in [-0.25, -0.2) is 0 Å². The van der Waals surface area contributed by atoms with Crippen LogP contribution in [0.25, 0.3) is 0 Å². The molecule has 13 heavy (non-hydrogen) atoms. The van der Waals surface area contributed by atoms with E-state index in [-0.39, 0.29) is 11.8 Å². The number of amides is 2. The van der Waals surface area contributed by atoms with E-state index in [9.17, 15) is 9.59 Å². The minimum Gasteiger partial charge on any atom is -0.277 e. The first kappa shape index (κ1) is 8.23. The van der Waals surface area contributed by atoms with Crippen molar-refractivity contribution in [2.24, 2.45) is 5.92 Å². The normalized spacial score (nSPS) is 27.2. The SMILES string of the molecule is C[C@H]1C=C2C(=O)N(C)C(=O)C2=CC1. The summed E-state index contributed by atoms with van der Waals surface area (Å²) >= 11 is 0. The van der Waals surface area contributed by atoms with Gasteiger partial charge in [0.1, 0.15) is 0 Å². The van der Waals surface area contributed by atoms with Crippen LogP contribution in [0.15, 0.2) is 23.3 Å². The van der Waals surface area contributed by atoms with Gasteiger partial charge < -0.3 is 0 Å². The molecule has 0 aromatic carbocycles. The van der Waals surface area contributed by atoms with Gasteiger partial charge in [-0.15, -0.1) is 0 Å². The first-order valence-electron chi connectivity index (χ1n) is 4.36. The summed E-state index contributed by atoms with van der Waals surface area (Å²) in [7, 11) is 1.52. The van der Waals surface area contributed by atoms with Crippen LogP contribution in [0.2, 0.25) is 0 Å². The molecule has 0 bridgehead atoms. The highest BCUT2D eigenvalue weighted by Crippen LogP contribution is 2.30. The molecule has 1 atom stereocenters. The minimum absolute atomic E-state index is 0.164. The van der Waals surface area contributed by atoms with Crippen LogP contribution in [0.1, 0.15) is 13.3 Å². The van der Waals surface area contributed by atoms with Crippen LogP contribution in [-0.2, 0) is 9.59 Å². The van der Waals surface area contributed by atoms with Crippen LogP contribution in [0, 0.1) is 5.92 Å². The second-order valence-corrected chi connectivity index (χ2v) is 3.58. The average molecular weight is 177 g/mol. The molecule has 0 saturated carbocycles. The van der Waals surface area contributed by atoms with Gasteiger partial charge in [-0.1, -0.05) is 19.1 Å². The van der Waals surface area contributed by atoms with Crippen molar-refractivity contribution < 1.29 is 9.59 Å². The van der Waals surface area contributed by atoms with Crippen molar-refractivity contribution in [3.05, 3.63) is 23.3 Å². The quantitative estimate of drug-likeness (QED) is 0.515. The summed E-state index contributed by atoms with van der Waals surface area (Å²) in [5.74, 6) is 0.0351. The van der Waals surface area contributed by atoms with Crippen molar-refractivity contribution >= 4 is 11.8 Å². The van der Waals surface area contributed by atoms with Crippen LogP contribution in [0.3, 0.4) is 0 Å². The Labute approximate surface area is 76.7 Å². The van der Waals surface area contributed by atoms with Gasteiger partial charge in [-0.3, -0.25) is 14.5 Å². The van der Waals surface area contributed by atoms with Crippen LogP contribution >= 0.6 is 0 Å². The van der Waals surface area contributed by atoms with E-state index in [4.69, 9.17) is 0 Å². The van der Waals surface area contributed by atoms with Gasteiger partial charge in [-0.2, -0.15) is 0 Å². The number of hydrogen-bond acceptors (Lipinski definition) is 2. The van der Waals surface area contributed by atoms with E-state index in [0.717, 1.165) is 6.42 Å². The Morgan fingerprint density at radius 2 is 1.92 bits per heavy atom. The number of nitrogens with zero attached hydrogens (tertiary/aromatic N) is 1. The molecule has 3 nitrogen and oxygen atoms in total. The lowest BCUT2D eigenvalue weighted by atomic mass is 9.93. The minimum atomic E-state index is -0.164. The van der Waals surface area contributed by atoms with Crippen LogP contribution in [0.5, 0.6) is 0 Å². The van der Waals surface area contributed by atoms with Crippen LogP contribution < -0.4 is 0 Å². The summed E-state index contributed by atoms with van der Waals surface area (Å²) in [6.45, 7) is 2.04. The molecule has 1 fully saturated rings. The number of imide groups is 1. The van der Waals surface area contributed by atoms with Gasteiger partial charge in [0, 0.05) is 18.2 Å². The molecule has 0 aromatic heterocycles. The van der Waals surface area contributed by atoms with Gasteiger partial charge in [0.05, 0.1) is 0 Å². The third kappa shape index (κ3) is 1.03. The number of carbonyl (C=O) groups is 2. The lowest BCUT2D eigenvalue weighted by Crippen LogP contribution is -2.24.